The van der Waals surface area contributed by atoms with E-state index in [9.17, 15) is 18.4 Å². The second-order valence-corrected chi connectivity index (χ2v) is 7.09. The lowest BCUT2D eigenvalue weighted by molar-refractivity contribution is -0.135. The second kappa shape index (κ2) is 9.44. The topological polar surface area (TPSA) is 49.4 Å². The smallest absolute Gasteiger partial charge is 0.226 e. The molecule has 1 aliphatic rings. The van der Waals surface area contributed by atoms with Crippen LogP contribution in [0, 0.1) is 17.6 Å². The Bertz CT molecular complexity index is 833. The van der Waals surface area contributed by atoms with Gasteiger partial charge in [0.05, 0.1) is 6.42 Å². The largest absolute Gasteiger partial charge is 0.356 e. The van der Waals surface area contributed by atoms with Crippen molar-refractivity contribution in [1.29, 1.82) is 0 Å². The Balaban J connectivity index is 1.41. The number of rotatable bonds is 6. The number of halogens is 2. The van der Waals surface area contributed by atoms with Gasteiger partial charge < -0.3 is 10.2 Å². The first-order valence-electron chi connectivity index (χ1n) is 9.56. The molecule has 1 heterocycles. The van der Waals surface area contributed by atoms with Crippen LogP contribution in [0.4, 0.5) is 8.78 Å². The molecule has 0 radical (unpaired) electrons. The summed E-state index contributed by atoms with van der Waals surface area (Å²) in [5.74, 6) is -0.852. The predicted molar refractivity (Wildman–Crippen MR) is 103 cm³/mol. The quantitative estimate of drug-likeness (QED) is 0.829. The van der Waals surface area contributed by atoms with E-state index in [0.29, 0.717) is 50.0 Å². The lowest BCUT2D eigenvalue weighted by atomic mass is 9.95. The number of amides is 2. The molecule has 1 N–H and O–H groups in total. The van der Waals surface area contributed by atoms with E-state index in [1.54, 1.807) is 35.2 Å². The Morgan fingerprint density at radius 2 is 1.79 bits per heavy atom. The fourth-order valence-corrected chi connectivity index (χ4v) is 3.49. The van der Waals surface area contributed by atoms with Gasteiger partial charge in [0.1, 0.15) is 11.6 Å². The molecule has 0 saturated carbocycles. The first kappa shape index (κ1) is 20.0. The number of likely N-dealkylation sites (tertiary alicyclic amines) is 1. The predicted octanol–water partition coefficient (Wildman–Crippen LogP) is 3.10. The van der Waals surface area contributed by atoms with Crippen LogP contribution >= 0.6 is 0 Å². The van der Waals surface area contributed by atoms with Gasteiger partial charge in [0.15, 0.2) is 0 Å². The molecular weight excluding hydrogens is 362 g/mol. The fraction of sp³-hybridized carbons (Fsp3) is 0.364. The minimum absolute atomic E-state index is 0.0476. The molecule has 0 aromatic heterocycles. The summed E-state index contributed by atoms with van der Waals surface area (Å²) in [4.78, 5) is 26.4. The van der Waals surface area contributed by atoms with E-state index in [0.717, 1.165) is 0 Å². The van der Waals surface area contributed by atoms with Crippen molar-refractivity contribution in [2.45, 2.75) is 25.7 Å². The summed E-state index contributed by atoms with van der Waals surface area (Å²) in [7, 11) is 0. The Kier molecular flexibility index (Phi) is 6.74. The number of benzene rings is 2. The van der Waals surface area contributed by atoms with E-state index < -0.39 is 0 Å². The standard InChI is InChI=1S/C22H24F2N2O2/c23-19-6-3-4-16(14-19)15-21(27)26-12-9-18(10-13-26)22(28)25-11-8-17-5-1-2-7-20(17)24/h1-7,14,18H,8-13,15H2,(H,25,28). The van der Waals surface area contributed by atoms with E-state index in [4.69, 9.17) is 0 Å². The van der Waals surface area contributed by atoms with Crippen LogP contribution in [-0.2, 0) is 22.4 Å². The fourth-order valence-electron chi connectivity index (χ4n) is 3.49. The number of nitrogens with one attached hydrogen (secondary N) is 1. The third kappa shape index (κ3) is 5.38. The first-order chi connectivity index (χ1) is 13.5. The van der Waals surface area contributed by atoms with E-state index >= 15 is 0 Å². The third-order valence-electron chi connectivity index (χ3n) is 5.11. The van der Waals surface area contributed by atoms with Crippen LogP contribution in [0.1, 0.15) is 24.0 Å². The van der Waals surface area contributed by atoms with Gasteiger partial charge in [-0.15, -0.1) is 0 Å². The summed E-state index contributed by atoms with van der Waals surface area (Å²) in [5.41, 5.74) is 1.23. The lowest BCUT2D eigenvalue weighted by Gasteiger charge is -2.31. The molecule has 2 aromatic carbocycles. The molecule has 6 heteroatoms. The van der Waals surface area contributed by atoms with Gasteiger partial charge >= 0.3 is 0 Å². The van der Waals surface area contributed by atoms with Crippen molar-refractivity contribution in [2.24, 2.45) is 5.92 Å². The highest BCUT2D eigenvalue weighted by Gasteiger charge is 2.27. The van der Waals surface area contributed by atoms with E-state index in [-0.39, 0.29) is 35.8 Å². The summed E-state index contributed by atoms with van der Waals surface area (Å²) >= 11 is 0. The molecule has 3 rings (SSSR count). The number of carbonyl (C=O) groups is 2. The van der Waals surface area contributed by atoms with Gasteiger partial charge in [0, 0.05) is 25.6 Å². The van der Waals surface area contributed by atoms with Crippen LogP contribution in [0.15, 0.2) is 48.5 Å². The summed E-state index contributed by atoms with van der Waals surface area (Å²) in [6, 6.07) is 12.6. The van der Waals surface area contributed by atoms with E-state index in [2.05, 4.69) is 5.32 Å². The van der Waals surface area contributed by atoms with Gasteiger partial charge in [-0.1, -0.05) is 30.3 Å². The van der Waals surface area contributed by atoms with Crippen LogP contribution < -0.4 is 5.32 Å². The van der Waals surface area contributed by atoms with E-state index in [1.165, 1.54) is 18.2 Å². The molecule has 0 atom stereocenters. The molecule has 0 bridgehead atoms. The van der Waals surface area contributed by atoms with Gasteiger partial charge in [-0.05, 0) is 48.6 Å². The number of nitrogens with zero attached hydrogens (tertiary/aromatic N) is 1. The Labute approximate surface area is 163 Å². The third-order valence-corrected chi connectivity index (χ3v) is 5.11. The second-order valence-electron chi connectivity index (χ2n) is 7.09. The number of hydrogen-bond acceptors (Lipinski definition) is 2. The summed E-state index contributed by atoms with van der Waals surface area (Å²) < 4.78 is 26.8. The van der Waals surface area contributed by atoms with E-state index in [1.807, 2.05) is 0 Å². The Morgan fingerprint density at radius 3 is 2.50 bits per heavy atom. The maximum atomic E-state index is 13.6. The van der Waals surface area contributed by atoms with Crippen molar-refractivity contribution >= 4 is 11.8 Å². The molecule has 1 fully saturated rings. The SMILES string of the molecule is O=C(NCCc1ccccc1F)C1CCN(C(=O)Cc2cccc(F)c2)CC1. The van der Waals surface area contributed by atoms with Crippen LogP contribution in [0.5, 0.6) is 0 Å². The highest BCUT2D eigenvalue weighted by atomic mass is 19.1. The molecule has 0 spiro atoms. The highest BCUT2D eigenvalue weighted by Crippen LogP contribution is 2.18. The summed E-state index contributed by atoms with van der Waals surface area (Å²) in [6.45, 7) is 1.41. The summed E-state index contributed by atoms with van der Waals surface area (Å²) in [6.07, 6.45) is 1.81. The maximum Gasteiger partial charge on any atom is 0.226 e. The minimum Gasteiger partial charge on any atom is -0.356 e. The van der Waals surface area contributed by atoms with Crippen LogP contribution in [0.3, 0.4) is 0 Å². The molecule has 0 aliphatic carbocycles. The van der Waals surface area contributed by atoms with Gasteiger partial charge in [0.2, 0.25) is 11.8 Å². The zero-order chi connectivity index (χ0) is 19.9. The van der Waals surface area contributed by atoms with Crippen LogP contribution in [0.25, 0.3) is 0 Å². The average Bonchev–Trinajstić information content (AvgIpc) is 2.69. The van der Waals surface area contributed by atoms with Crippen molar-refractivity contribution in [3.63, 3.8) is 0 Å². The van der Waals surface area contributed by atoms with Crippen molar-refractivity contribution in [3.05, 3.63) is 71.3 Å². The zero-order valence-electron chi connectivity index (χ0n) is 15.7. The molecule has 1 saturated heterocycles. The molecule has 4 nitrogen and oxygen atoms in total. The number of hydrogen-bond donors (Lipinski definition) is 1. The number of piperidine rings is 1. The van der Waals surface area contributed by atoms with Crippen LogP contribution in [0.2, 0.25) is 0 Å². The van der Waals surface area contributed by atoms with Crippen LogP contribution in [-0.4, -0.2) is 36.3 Å². The summed E-state index contributed by atoms with van der Waals surface area (Å²) in [5, 5.41) is 2.87. The minimum atomic E-state index is -0.351. The first-order valence-corrected chi connectivity index (χ1v) is 9.56. The normalized spacial score (nSPS) is 14.7. The van der Waals surface area contributed by atoms with Crippen molar-refractivity contribution in [3.8, 4) is 0 Å². The molecule has 2 aromatic rings. The molecule has 0 unspecified atom stereocenters. The molecule has 148 valence electrons. The van der Waals surface area contributed by atoms with Crippen molar-refractivity contribution < 1.29 is 18.4 Å². The van der Waals surface area contributed by atoms with Gasteiger partial charge in [-0.3, -0.25) is 9.59 Å². The average molecular weight is 386 g/mol. The van der Waals surface area contributed by atoms with Crippen molar-refractivity contribution in [2.75, 3.05) is 19.6 Å². The van der Waals surface area contributed by atoms with Gasteiger partial charge in [-0.25, -0.2) is 8.78 Å². The number of carbonyl (C=O) groups excluding carboxylic acids is 2. The zero-order valence-corrected chi connectivity index (χ0v) is 15.7. The van der Waals surface area contributed by atoms with Crippen molar-refractivity contribution in [1.82, 2.24) is 10.2 Å². The molecule has 2 amide bonds. The molecular formula is C22H24F2N2O2. The highest BCUT2D eigenvalue weighted by molar-refractivity contribution is 5.81. The van der Waals surface area contributed by atoms with Gasteiger partial charge in [-0.2, -0.15) is 0 Å². The monoisotopic (exact) mass is 386 g/mol. The Morgan fingerprint density at radius 1 is 1.04 bits per heavy atom. The maximum absolute atomic E-state index is 13.6. The molecule has 28 heavy (non-hydrogen) atoms. The Hall–Kier alpha value is -2.76. The molecule has 1 aliphatic heterocycles. The van der Waals surface area contributed by atoms with Gasteiger partial charge in [0.25, 0.3) is 0 Å². The lowest BCUT2D eigenvalue weighted by Crippen LogP contribution is -2.43.